The third-order valence-corrected chi connectivity index (χ3v) is 8.47. The molecule has 0 spiro atoms. The van der Waals surface area contributed by atoms with E-state index in [1.165, 1.54) is 38.5 Å². The first kappa shape index (κ1) is 23.8. The van der Waals surface area contributed by atoms with E-state index < -0.39 is 17.8 Å². The molecule has 0 aromatic rings. The van der Waals surface area contributed by atoms with Gasteiger partial charge in [-0.15, -0.1) is 0 Å². The van der Waals surface area contributed by atoms with Gasteiger partial charge in [-0.25, -0.2) is 0 Å². The standard InChI is InChI=1S/C27H44O3/c1-18(8-6-14-26(3,4)30)22-12-13-23-21(9-7-15-27(22,23)5)11-10-20-16-24(28)19(2)25(29)17-20/h10-11,18,22-25,28-30H,2,6-9,12-17H2,1,3-5H3/b21-11+/t18?,22?,23?,24-,25-,27-/m1/s1. The molecule has 0 heterocycles. The average molecular weight is 417 g/mol. The summed E-state index contributed by atoms with van der Waals surface area (Å²) in [6, 6.07) is 0. The van der Waals surface area contributed by atoms with Crippen LogP contribution in [0.3, 0.4) is 0 Å². The number of rotatable bonds is 6. The number of allylic oxidation sites excluding steroid dienone is 3. The van der Waals surface area contributed by atoms with E-state index in [2.05, 4.69) is 32.6 Å². The Morgan fingerprint density at radius 3 is 2.47 bits per heavy atom. The molecule has 6 atom stereocenters. The molecule has 3 rings (SSSR count). The highest BCUT2D eigenvalue weighted by atomic mass is 16.3. The first-order chi connectivity index (χ1) is 14.0. The van der Waals surface area contributed by atoms with Gasteiger partial charge in [0.05, 0.1) is 17.8 Å². The molecular weight excluding hydrogens is 372 g/mol. The van der Waals surface area contributed by atoms with Crippen molar-refractivity contribution in [3.05, 3.63) is 35.5 Å². The van der Waals surface area contributed by atoms with Gasteiger partial charge in [0.2, 0.25) is 0 Å². The Balaban J connectivity index is 1.67. The Labute approximate surface area is 184 Å². The zero-order valence-corrected chi connectivity index (χ0v) is 19.7. The largest absolute Gasteiger partial charge is 0.390 e. The van der Waals surface area contributed by atoms with E-state index >= 15 is 0 Å². The maximum Gasteiger partial charge on any atom is 0.0809 e. The van der Waals surface area contributed by atoms with E-state index in [0.717, 1.165) is 24.3 Å². The predicted octanol–water partition coefficient (Wildman–Crippen LogP) is 5.70. The van der Waals surface area contributed by atoms with Crippen LogP contribution in [0.15, 0.2) is 35.5 Å². The number of fused-ring (bicyclic) bond motifs is 1. The molecule has 3 N–H and O–H groups in total. The maximum atomic E-state index is 10.1. The molecule has 0 bridgehead atoms. The normalized spacial score (nSPS) is 37.4. The van der Waals surface area contributed by atoms with Gasteiger partial charge in [0.15, 0.2) is 0 Å². The van der Waals surface area contributed by atoms with Crippen molar-refractivity contribution in [2.75, 3.05) is 0 Å². The number of aliphatic hydroxyl groups excluding tert-OH is 2. The molecule has 3 saturated carbocycles. The highest BCUT2D eigenvalue weighted by Crippen LogP contribution is 2.60. The van der Waals surface area contributed by atoms with Crippen molar-refractivity contribution in [3.63, 3.8) is 0 Å². The lowest BCUT2D eigenvalue weighted by Gasteiger charge is -2.44. The van der Waals surface area contributed by atoms with Crippen molar-refractivity contribution in [1.82, 2.24) is 0 Å². The molecular formula is C27H44O3. The van der Waals surface area contributed by atoms with Gasteiger partial charge in [0.25, 0.3) is 0 Å². The molecule has 0 amide bonds. The summed E-state index contributed by atoms with van der Waals surface area (Å²) in [5.41, 5.74) is 3.11. The fourth-order valence-corrected chi connectivity index (χ4v) is 6.70. The highest BCUT2D eigenvalue weighted by molar-refractivity contribution is 5.29. The molecule has 0 aliphatic heterocycles. The highest BCUT2D eigenvalue weighted by Gasteiger charge is 2.50. The molecule has 3 unspecified atom stereocenters. The summed E-state index contributed by atoms with van der Waals surface area (Å²) in [5, 5.41) is 30.3. The van der Waals surface area contributed by atoms with Crippen molar-refractivity contribution < 1.29 is 15.3 Å². The van der Waals surface area contributed by atoms with Crippen LogP contribution in [0.5, 0.6) is 0 Å². The van der Waals surface area contributed by atoms with Gasteiger partial charge in [-0.05, 0) is 94.0 Å². The van der Waals surface area contributed by atoms with E-state index in [1.807, 2.05) is 13.8 Å². The molecule has 0 aromatic heterocycles. The van der Waals surface area contributed by atoms with Crippen molar-refractivity contribution in [3.8, 4) is 0 Å². The fourth-order valence-electron chi connectivity index (χ4n) is 6.70. The van der Waals surface area contributed by atoms with Crippen LogP contribution in [-0.4, -0.2) is 33.1 Å². The van der Waals surface area contributed by atoms with Gasteiger partial charge in [-0.2, -0.15) is 0 Å². The van der Waals surface area contributed by atoms with Gasteiger partial charge in [-0.3, -0.25) is 0 Å². The zero-order chi connectivity index (χ0) is 22.1. The Morgan fingerprint density at radius 2 is 1.83 bits per heavy atom. The molecule has 3 aliphatic carbocycles. The van der Waals surface area contributed by atoms with E-state index in [9.17, 15) is 15.3 Å². The van der Waals surface area contributed by atoms with Gasteiger partial charge in [-0.1, -0.05) is 56.6 Å². The summed E-state index contributed by atoms with van der Waals surface area (Å²) in [4.78, 5) is 0. The maximum absolute atomic E-state index is 10.1. The summed E-state index contributed by atoms with van der Waals surface area (Å²) >= 11 is 0. The second-order valence-corrected chi connectivity index (χ2v) is 11.4. The van der Waals surface area contributed by atoms with Crippen molar-refractivity contribution in [1.29, 1.82) is 0 Å². The van der Waals surface area contributed by atoms with E-state index in [0.29, 0.717) is 35.7 Å². The SMILES string of the molecule is C=C1[C@H](O)CC(=C/C=C2\CCC[C@@]3(C)C2CCC3C(C)CCCC(C)(C)O)C[C@H]1O. The smallest absolute Gasteiger partial charge is 0.0809 e. The molecule has 30 heavy (non-hydrogen) atoms. The first-order valence-corrected chi connectivity index (χ1v) is 12.2. The third-order valence-electron chi connectivity index (χ3n) is 8.47. The quantitative estimate of drug-likeness (QED) is 0.486. The van der Waals surface area contributed by atoms with Gasteiger partial charge in [0.1, 0.15) is 0 Å². The van der Waals surface area contributed by atoms with Crippen molar-refractivity contribution in [2.24, 2.45) is 23.2 Å². The summed E-state index contributed by atoms with van der Waals surface area (Å²) in [7, 11) is 0. The zero-order valence-electron chi connectivity index (χ0n) is 19.7. The Morgan fingerprint density at radius 1 is 1.17 bits per heavy atom. The summed E-state index contributed by atoms with van der Waals surface area (Å²) in [5.74, 6) is 2.13. The number of hydrogen-bond acceptors (Lipinski definition) is 3. The van der Waals surface area contributed by atoms with Crippen LogP contribution in [0.25, 0.3) is 0 Å². The van der Waals surface area contributed by atoms with Crippen LogP contribution < -0.4 is 0 Å². The molecule has 3 fully saturated rings. The van der Waals surface area contributed by atoms with Crippen molar-refractivity contribution >= 4 is 0 Å². The fraction of sp³-hybridized carbons (Fsp3) is 0.778. The third kappa shape index (κ3) is 5.29. The van der Waals surface area contributed by atoms with Crippen LogP contribution in [0.1, 0.15) is 91.9 Å². The lowest BCUT2D eigenvalue weighted by Crippen LogP contribution is -2.36. The Hall–Kier alpha value is -0.900. The molecule has 170 valence electrons. The second-order valence-electron chi connectivity index (χ2n) is 11.4. The van der Waals surface area contributed by atoms with Crippen LogP contribution >= 0.6 is 0 Å². The van der Waals surface area contributed by atoms with E-state index in [1.54, 1.807) is 5.57 Å². The van der Waals surface area contributed by atoms with Gasteiger partial charge in [0, 0.05) is 0 Å². The van der Waals surface area contributed by atoms with Crippen LogP contribution in [0.2, 0.25) is 0 Å². The second kappa shape index (κ2) is 9.30. The average Bonchev–Trinajstić information content (AvgIpc) is 3.00. The summed E-state index contributed by atoms with van der Waals surface area (Å²) in [6.45, 7) is 12.6. The van der Waals surface area contributed by atoms with E-state index in [-0.39, 0.29) is 0 Å². The number of aliphatic hydroxyl groups is 3. The monoisotopic (exact) mass is 416 g/mol. The van der Waals surface area contributed by atoms with Crippen LogP contribution in [0, 0.1) is 23.2 Å². The van der Waals surface area contributed by atoms with Crippen molar-refractivity contribution in [2.45, 2.75) is 110 Å². The van der Waals surface area contributed by atoms with E-state index in [4.69, 9.17) is 0 Å². The lowest BCUT2D eigenvalue weighted by molar-refractivity contribution is 0.0596. The van der Waals surface area contributed by atoms with Crippen LogP contribution in [-0.2, 0) is 0 Å². The molecule has 0 aromatic carbocycles. The summed E-state index contributed by atoms with van der Waals surface area (Å²) < 4.78 is 0. The van der Waals surface area contributed by atoms with Gasteiger partial charge < -0.3 is 15.3 Å². The lowest BCUT2D eigenvalue weighted by atomic mass is 9.60. The molecule has 0 radical (unpaired) electrons. The minimum absolute atomic E-state index is 0.386. The Kier molecular flexibility index (Phi) is 7.37. The Bertz CT molecular complexity index is 667. The van der Waals surface area contributed by atoms with Gasteiger partial charge >= 0.3 is 0 Å². The minimum Gasteiger partial charge on any atom is -0.390 e. The first-order valence-electron chi connectivity index (χ1n) is 12.2. The molecule has 3 nitrogen and oxygen atoms in total. The molecule has 0 saturated heterocycles. The molecule has 3 heteroatoms. The topological polar surface area (TPSA) is 60.7 Å². The number of hydrogen-bond donors (Lipinski definition) is 3. The molecule has 3 aliphatic rings. The summed E-state index contributed by atoms with van der Waals surface area (Å²) in [6.07, 6.45) is 14.0. The predicted molar refractivity (Wildman–Crippen MR) is 124 cm³/mol. The van der Waals surface area contributed by atoms with Crippen LogP contribution in [0.4, 0.5) is 0 Å². The minimum atomic E-state index is -0.615.